The Kier molecular flexibility index (Phi) is 3.58. The summed E-state index contributed by atoms with van der Waals surface area (Å²) in [6.07, 6.45) is 1.55. The number of carbonyl (C=O) groups is 1. The lowest BCUT2D eigenvalue weighted by molar-refractivity contribution is -0.00385. The van der Waals surface area contributed by atoms with Gasteiger partial charge in [0.15, 0.2) is 0 Å². The molecule has 3 rings (SSSR count). The third-order valence-corrected chi connectivity index (χ3v) is 4.25. The fraction of sp³-hybridized carbons (Fsp3) is 0.429. The first-order chi connectivity index (χ1) is 9.66. The molecule has 1 atom stereocenters. The number of ether oxygens (including phenoxy) is 1. The highest BCUT2D eigenvalue weighted by Crippen LogP contribution is 2.27. The van der Waals surface area contributed by atoms with Crippen LogP contribution in [0.3, 0.4) is 0 Å². The zero-order valence-corrected chi connectivity index (χ0v) is 12.3. The molecule has 0 N–H and O–H groups in total. The van der Waals surface area contributed by atoms with Crippen LogP contribution in [-0.2, 0) is 4.74 Å². The number of hydrogen-bond acceptors (Lipinski definition) is 5. The van der Waals surface area contributed by atoms with Gasteiger partial charge in [-0.3, -0.25) is 4.79 Å². The van der Waals surface area contributed by atoms with Gasteiger partial charge in [-0.25, -0.2) is 4.98 Å². The van der Waals surface area contributed by atoms with E-state index in [9.17, 15) is 4.79 Å². The third kappa shape index (κ3) is 2.36. The molecule has 0 aliphatic carbocycles. The van der Waals surface area contributed by atoms with E-state index in [0.717, 1.165) is 10.7 Å². The van der Waals surface area contributed by atoms with Crippen LogP contribution in [0, 0.1) is 13.8 Å². The molecule has 1 amide bonds. The first kappa shape index (κ1) is 13.3. The second kappa shape index (κ2) is 5.38. The van der Waals surface area contributed by atoms with E-state index in [2.05, 4.69) is 4.98 Å². The maximum atomic E-state index is 12.7. The topological polar surface area (TPSA) is 55.6 Å². The maximum Gasteiger partial charge on any atom is 0.258 e. The van der Waals surface area contributed by atoms with Crippen LogP contribution in [0.1, 0.15) is 32.9 Å². The highest BCUT2D eigenvalue weighted by atomic mass is 32.1. The number of amides is 1. The molecule has 20 heavy (non-hydrogen) atoms. The summed E-state index contributed by atoms with van der Waals surface area (Å²) in [6.45, 7) is 5.39. The van der Waals surface area contributed by atoms with Gasteiger partial charge in [0.2, 0.25) is 0 Å². The fourth-order valence-electron chi connectivity index (χ4n) is 2.39. The minimum absolute atomic E-state index is 0.0183. The normalized spacial score (nSPS) is 19.3. The van der Waals surface area contributed by atoms with Gasteiger partial charge in [0, 0.05) is 11.9 Å². The fourth-order valence-corrected chi connectivity index (χ4v) is 3.05. The Balaban J connectivity index is 1.89. The second-order valence-corrected chi connectivity index (χ2v) is 5.83. The molecule has 0 radical (unpaired) electrons. The minimum atomic E-state index is -0.115. The molecule has 0 saturated carbocycles. The average Bonchev–Trinajstić information content (AvgIpc) is 3.07. The number of furan rings is 1. The Morgan fingerprint density at radius 1 is 1.50 bits per heavy atom. The van der Waals surface area contributed by atoms with E-state index in [-0.39, 0.29) is 11.9 Å². The summed E-state index contributed by atoms with van der Waals surface area (Å²) < 4.78 is 10.8. The van der Waals surface area contributed by atoms with E-state index in [0.29, 0.717) is 31.1 Å². The molecule has 1 aliphatic rings. The molecule has 0 spiro atoms. The van der Waals surface area contributed by atoms with Crippen LogP contribution in [0.25, 0.3) is 0 Å². The molecule has 6 heteroatoms. The van der Waals surface area contributed by atoms with E-state index in [1.807, 2.05) is 17.2 Å². The Bertz CT molecular complexity index is 619. The lowest BCUT2D eigenvalue weighted by Crippen LogP contribution is -2.43. The summed E-state index contributed by atoms with van der Waals surface area (Å²) in [5.41, 5.74) is 1.52. The minimum Gasteiger partial charge on any atom is -0.469 e. The Morgan fingerprint density at radius 2 is 2.35 bits per heavy atom. The molecule has 2 aromatic heterocycles. The molecule has 5 nitrogen and oxygen atoms in total. The lowest BCUT2D eigenvalue weighted by Gasteiger charge is -2.34. The number of aryl methyl sites for hydroxylation is 2. The molecule has 2 aromatic rings. The molecule has 106 valence electrons. The molecule has 1 fully saturated rings. The summed E-state index contributed by atoms with van der Waals surface area (Å²) in [7, 11) is 0. The highest BCUT2D eigenvalue weighted by molar-refractivity contribution is 7.09. The van der Waals surface area contributed by atoms with Crippen LogP contribution >= 0.6 is 11.3 Å². The van der Waals surface area contributed by atoms with Crippen LogP contribution in [0.5, 0.6) is 0 Å². The number of rotatable bonds is 2. The number of morpholine rings is 1. The van der Waals surface area contributed by atoms with E-state index in [1.165, 1.54) is 0 Å². The van der Waals surface area contributed by atoms with E-state index in [4.69, 9.17) is 9.15 Å². The predicted molar refractivity (Wildman–Crippen MR) is 74.9 cm³/mol. The summed E-state index contributed by atoms with van der Waals surface area (Å²) in [5.74, 6) is 0.630. The largest absolute Gasteiger partial charge is 0.469 e. The number of nitrogens with zero attached hydrogens (tertiary/aromatic N) is 2. The van der Waals surface area contributed by atoms with Crippen molar-refractivity contribution in [3.63, 3.8) is 0 Å². The van der Waals surface area contributed by atoms with Crippen molar-refractivity contribution in [2.24, 2.45) is 0 Å². The summed E-state index contributed by atoms with van der Waals surface area (Å²) in [5, 5.41) is 2.99. The lowest BCUT2D eigenvalue weighted by atomic mass is 10.1. The van der Waals surface area contributed by atoms with Crippen LogP contribution in [0.4, 0.5) is 0 Å². The first-order valence-electron chi connectivity index (χ1n) is 6.51. The summed E-state index contributed by atoms with van der Waals surface area (Å²) in [4.78, 5) is 19.0. The van der Waals surface area contributed by atoms with Gasteiger partial charge < -0.3 is 14.1 Å². The van der Waals surface area contributed by atoms with Crippen molar-refractivity contribution < 1.29 is 13.9 Å². The quantitative estimate of drug-likeness (QED) is 0.853. The van der Waals surface area contributed by atoms with Crippen molar-refractivity contribution in [1.82, 2.24) is 9.88 Å². The van der Waals surface area contributed by atoms with Gasteiger partial charge in [-0.2, -0.15) is 0 Å². The molecule has 1 saturated heterocycles. The van der Waals surface area contributed by atoms with Crippen LogP contribution in [0.2, 0.25) is 0 Å². The highest BCUT2D eigenvalue weighted by Gasteiger charge is 2.32. The van der Waals surface area contributed by atoms with Gasteiger partial charge in [-0.15, -0.1) is 11.3 Å². The van der Waals surface area contributed by atoms with Gasteiger partial charge in [-0.1, -0.05) is 0 Å². The summed E-state index contributed by atoms with van der Waals surface area (Å²) >= 11 is 1.59. The molecule has 0 aromatic carbocycles. The number of aromatic nitrogens is 1. The number of carbonyl (C=O) groups excluding carboxylic acids is 1. The van der Waals surface area contributed by atoms with Crippen LogP contribution in [-0.4, -0.2) is 35.5 Å². The summed E-state index contributed by atoms with van der Waals surface area (Å²) in [6, 6.07) is 1.60. The van der Waals surface area contributed by atoms with Crippen LogP contribution in [0.15, 0.2) is 22.1 Å². The smallest absolute Gasteiger partial charge is 0.258 e. The van der Waals surface area contributed by atoms with E-state index >= 15 is 0 Å². The maximum absolute atomic E-state index is 12.7. The first-order valence-corrected chi connectivity index (χ1v) is 7.39. The van der Waals surface area contributed by atoms with Crippen molar-refractivity contribution in [2.75, 3.05) is 19.8 Å². The molecule has 0 bridgehead atoms. The molecular formula is C14H16N2O3S. The van der Waals surface area contributed by atoms with E-state index < -0.39 is 0 Å². The van der Waals surface area contributed by atoms with Crippen molar-refractivity contribution in [3.05, 3.63) is 39.7 Å². The zero-order chi connectivity index (χ0) is 14.1. The Labute approximate surface area is 121 Å². The van der Waals surface area contributed by atoms with Crippen LogP contribution < -0.4 is 0 Å². The van der Waals surface area contributed by atoms with Crippen molar-refractivity contribution in [3.8, 4) is 0 Å². The molecule has 1 aliphatic heterocycles. The zero-order valence-electron chi connectivity index (χ0n) is 11.5. The number of thiazole rings is 1. The van der Waals surface area contributed by atoms with Gasteiger partial charge in [0.05, 0.1) is 41.8 Å². The third-order valence-electron chi connectivity index (χ3n) is 3.46. The average molecular weight is 292 g/mol. The molecule has 0 unspecified atom stereocenters. The van der Waals surface area contributed by atoms with Gasteiger partial charge in [-0.05, 0) is 19.9 Å². The van der Waals surface area contributed by atoms with Crippen molar-refractivity contribution >= 4 is 17.2 Å². The van der Waals surface area contributed by atoms with Gasteiger partial charge in [0.25, 0.3) is 5.91 Å². The molecule has 3 heterocycles. The second-order valence-electron chi connectivity index (χ2n) is 4.77. The Hall–Kier alpha value is -1.66. The molecular weight excluding hydrogens is 276 g/mol. The van der Waals surface area contributed by atoms with Gasteiger partial charge in [0.1, 0.15) is 5.76 Å². The van der Waals surface area contributed by atoms with Crippen molar-refractivity contribution in [1.29, 1.82) is 0 Å². The standard InChI is InChI=1S/C14H16N2O3S/c1-9-11(3-5-19-9)14(17)16-4-6-18-7-13(16)12-8-20-10(2)15-12/h3,5,8,13H,4,6-7H2,1-2H3/t13-/m0/s1. The van der Waals surface area contributed by atoms with Gasteiger partial charge >= 0.3 is 0 Å². The predicted octanol–water partition coefficient (Wildman–Crippen LogP) is 2.57. The van der Waals surface area contributed by atoms with Crippen molar-refractivity contribution in [2.45, 2.75) is 19.9 Å². The van der Waals surface area contributed by atoms with E-state index in [1.54, 1.807) is 30.6 Å². The number of hydrogen-bond donors (Lipinski definition) is 0. The monoisotopic (exact) mass is 292 g/mol. The Morgan fingerprint density at radius 3 is 3.00 bits per heavy atom. The SMILES string of the molecule is Cc1nc([C@@H]2COCCN2C(=O)c2ccoc2C)cs1.